The van der Waals surface area contributed by atoms with E-state index >= 15 is 0 Å². The first-order valence-electron chi connectivity index (χ1n) is 11.1. The zero-order valence-corrected chi connectivity index (χ0v) is 19.4. The topological polar surface area (TPSA) is 25.8 Å². The molecule has 0 N–H and O–H groups in total. The van der Waals surface area contributed by atoms with E-state index in [-0.39, 0.29) is 5.92 Å². The van der Waals surface area contributed by atoms with E-state index in [0.717, 1.165) is 23.3 Å². The van der Waals surface area contributed by atoms with Gasteiger partial charge in [-0.2, -0.15) is 10.2 Å². The molecule has 0 spiro atoms. The van der Waals surface area contributed by atoms with E-state index in [1.165, 1.54) is 39.0 Å². The molecule has 2 nitrogen and oxygen atoms in total. The van der Waals surface area contributed by atoms with Crippen molar-refractivity contribution in [1.29, 1.82) is 0 Å². The van der Waals surface area contributed by atoms with Crippen LogP contribution in [0.3, 0.4) is 0 Å². The van der Waals surface area contributed by atoms with Crippen molar-refractivity contribution in [2.45, 2.75) is 40.0 Å². The Morgan fingerprint density at radius 1 is 1.00 bits per heavy atom. The normalized spacial score (nSPS) is 15.8. The van der Waals surface area contributed by atoms with Gasteiger partial charge in [0.2, 0.25) is 0 Å². The van der Waals surface area contributed by atoms with Crippen LogP contribution < -0.4 is 0 Å². The smallest absolute Gasteiger partial charge is 0.0935 e. The molecular weight excluding hydrogens is 388 g/mol. The molecule has 2 heteroatoms. The van der Waals surface area contributed by atoms with Crippen LogP contribution in [0.2, 0.25) is 0 Å². The summed E-state index contributed by atoms with van der Waals surface area (Å²) < 4.78 is 0. The Balaban J connectivity index is 1.53. The fourth-order valence-electron chi connectivity index (χ4n) is 4.14. The minimum Gasteiger partial charge on any atom is -0.158 e. The number of nitrogens with zero attached hydrogens (tertiary/aromatic N) is 2. The first-order valence-corrected chi connectivity index (χ1v) is 11.1. The lowest BCUT2D eigenvalue weighted by Crippen LogP contribution is -2.04. The summed E-state index contributed by atoms with van der Waals surface area (Å²) in [5, 5.41) is 8.75. The van der Waals surface area contributed by atoms with Crippen molar-refractivity contribution in [1.82, 2.24) is 10.2 Å². The predicted molar refractivity (Wildman–Crippen MR) is 136 cm³/mol. The third-order valence-electron chi connectivity index (χ3n) is 6.59. The van der Waals surface area contributed by atoms with Crippen LogP contribution in [0.15, 0.2) is 90.7 Å². The summed E-state index contributed by atoms with van der Waals surface area (Å²) in [5.74, 6) is 0.264. The van der Waals surface area contributed by atoms with Gasteiger partial charge in [0, 0.05) is 11.5 Å². The highest BCUT2D eigenvalue weighted by atomic mass is 15.1. The summed E-state index contributed by atoms with van der Waals surface area (Å²) in [6.45, 7) is 12.9. The summed E-state index contributed by atoms with van der Waals surface area (Å²) in [6.07, 6.45) is 13.7. The van der Waals surface area contributed by atoms with E-state index < -0.39 is 0 Å². The van der Waals surface area contributed by atoms with Crippen molar-refractivity contribution < 1.29 is 0 Å². The maximum absolute atomic E-state index is 4.42. The van der Waals surface area contributed by atoms with Crippen LogP contribution in [-0.4, -0.2) is 10.2 Å². The summed E-state index contributed by atoms with van der Waals surface area (Å²) in [6, 6.07) is 14.9. The number of hydrogen-bond acceptors (Lipinski definition) is 2. The molecule has 0 saturated heterocycles. The molecule has 0 bridgehead atoms. The minimum atomic E-state index is 0.264. The Labute approximate surface area is 191 Å². The van der Waals surface area contributed by atoms with Crippen molar-refractivity contribution in [3.05, 3.63) is 124 Å². The first-order chi connectivity index (χ1) is 15.4. The highest BCUT2D eigenvalue weighted by Crippen LogP contribution is 2.33. The molecule has 1 heterocycles. The van der Waals surface area contributed by atoms with Crippen LogP contribution in [-0.2, 0) is 0 Å². The molecule has 3 aromatic rings. The molecule has 0 saturated carbocycles. The predicted octanol–water partition coefficient (Wildman–Crippen LogP) is 7.62. The van der Waals surface area contributed by atoms with E-state index in [2.05, 4.69) is 117 Å². The van der Waals surface area contributed by atoms with Gasteiger partial charge in [-0.3, -0.25) is 0 Å². The van der Waals surface area contributed by atoms with Crippen LogP contribution in [0.5, 0.6) is 0 Å². The fraction of sp³-hybridized carbons (Fsp3) is 0.200. The lowest BCUT2D eigenvalue weighted by Gasteiger charge is -2.20. The highest BCUT2D eigenvalue weighted by Gasteiger charge is 2.17. The summed E-state index contributed by atoms with van der Waals surface area (Å²) in [7, 11) is 0. The number of aryl methyl sites for hydroxylation is 2. The number of allylic oxidation sites excluding steroid dienone is 6. The zero-order chi connectivity index (χ0) is 22.7. The second-order valence-corrected chi connectivity index (χ2v) is 8.66. The Kier molecular flexibility index (Phi) is 6.32. The molecule has 2 aromatic carbocycles. The van der Waals surface area contributed by atoms with Crippen molar-refractivity contribution in [3.63, 3.8) is 0 Å². The number of hydrogen-bond donors (Lipinski definition) is 0. The Morgan fingerprint density at radius 3 is 2.56 bits per heavy atom. The summed E-state index contributed by atoms with van der Waals surface area (Å²) in [5.41, 5.74) is 12.0. The minimum absolute atomic E-state index is 0.264. The second-order valence-electron chi connectivity index (χ2n) is 8.66. The molecule has 1 aliphatic rings. The van der Waals surface area contributed by atoms with Crippen molar-refractivity contribution >= 4 is 6.08 Å². The Morgan fingerprint density at radius 2 is 1.75 bits per heavy atom. The van der Waals surface area contributed by atoms with Gasteiger partial charge in [-0.25, -0.2) is 0 Å². The van der Waals surface area contributed by atoms with Crippen LogP contribution in [0.1, 0.15) is 45.7 Å². The maximum Gasteiger partial charge on any atom is 0.0935 e. The van der Waals surface area contributed by atoms with Gasteiger partial charge in [0.15, 0.2) is 0 Å². The van der Waals surface area contributed by atoms with Crippen LogP contribution in [0.4, 0.5) is 0 Å². The monoisotopic (exact) mass is 418 g/mol. The summed E-state index contributed by atoms with van der Waals surface area (Å²) >= 11 is 0. The van der Waals surface area contributed by atoms with E-state index in [1.807, 2.05) is 6.20 Å². The molecule has 160 valence electrons. The molecule has 1 unspecified atom stereocenters. The lowest BCUT2D eigenvalue weighted by molar-refractivity contribution is 0.808. The van der Waals surface area contributed by atoms with E-state index in [1.54, 1.807) is 0 Å². The number of rotatable bonds is 5. The van der Waals surface area contributed by atoms with Gasteiger partial charge in [0.1, 0.15) is 0 Å². The van der Waals surface area contributed by atoms with Crippen molar-refractivity contribution in [2.24, 2.45) is 0 Å². The van der Waals surface area contributed by atoms with Gasteiger partial charge < -0.3 is 0 Å². The number of benzene rings is 2. The van der Waals surface area contributed by atoms with Gasteiger partial charge in [0.05, 0.1) is 11.9 Å². The zero-order valence-electron chi connectivity index (χ0n) is 19.4. The molecular formula is C30H30N2. The molecule has 1 aliphatic carbocycles. The molecule has 0 fully saturated rings. The SMILES string of the molecule is C=C(/C=C/c1cccc(C)c1C)C1=CC=CC(c2cnnc(-c3cccc(C)c3C)c2)C1. The maximum atomic E-state index is 4.42. The van der Waals surface area contributed by atoms with Gasteiger partial charge in [-0.05, 0) is 84.7 Å². The van der Waals surface area contributed by atoms with Gasteiger partial charge in [-0.15, -0.1) is 0 Å². The molecule has 32 heavy (non-hydrogen) atoms. The van der Waals surface area contributed by atoms with Gasteiger partial charge in [-0.1, -0.05) is 73.4 Å². The second kappa shape index (κ2) is 9.32. The number of aromatic nitrogens is 2. The van der Waals surface area contributed by atoms with E-state index in [9.17, 15) is 0 Å². The largest absolute Gasteiger partial charge is 0.158 e. The molecule has 4 rings (SSSR count). The summed E-state index contributed by atoms with van der Waals surface area (Å²) in [4.78, 5) is 0. The Hall–Kier alpha value is -3.52. The van der Waals surface area contributed by atoms with E-state index in [0.29, 0.717) is 0 Å². The van der Waals surface area contributed by atoms with Gasteiger partial charge in [0.25, 0.3) is 0 Å². The molecule has 0 radical (unpaired) electrons. The fourth-order valence-corrected chi connectivity index (χ4v) is 4.14. The highest BCUT2D eigenvalue weighted by molar-refractivity contribution is 5.65. The quantitative estimate of drug-likeness (QED) is 0.398. The Bertz CT molecular complexity index is 1260. The lowest BCUT2D eigenvalue weighted by atomic mass is 9.85. The first kappa shape index (κ1) is 21.7. The molecule has 1 atom stereocenters. The third-order valence-corrected chi connectivity index (χ3v) is 6.59. The van der Waals surface area contributed by atoms with Crippen LogP contribution in [0.25, 0.3) is 17.3 Å². The molecule has 0 aliphatic heterocycles. The van der Waals surface area contributed by atoms with Crippen molar-refractivity contribution in [2.75, 3.05) is 0 Å². The third kappa shape index (κ3) is 4.55. The average molecular weight is 419 g/mol. The van der Waals surface area contributed by atoms with Crippen LogP contribution in [0, 0.1) is 27.7 Å². The molecule has 0 amide bonds. The van der Waals surface area contributed by atoms with Gasteiger partial charge >= 0.3 is 0 Å². The average Bonchev–Trinajstić information content (AvgIpc) is 2.82. The van der Waals surface area contributed by atoms with Crippen molar-refractivity contribution in [3.8, 4) is 11.3 Å². The van der Waals surface area contributed by atoms with Crippen LogP contribution >= 0.6 is 0 Å². The van der Waals surface area contributed by atoms with E-state index in [4.69, 9.17) is 0 Å². The standard InChI is InChI=1S/C30H30N2/c1-20-9-6-11-25(23(20)4)16-15-22(3)26-12-8-13-27(17-26)28-18-30(32-31-19-28)29-14-7-10-21(2)24(29)5/h6-16,18-19,27H,3,17H2,1-2,4-5H3/b16-15+. The molecule has 1 aromatic heterocycles.